The van der Waals surface area contributed by atoms with Crippen molar-refractivity contribution in [1.29, 1.82) is 0 Å². The van der Waals surface area contributed by atoms with Gasteiger partial charge >= 0.3 is 0 Å². The minimum absolute atomic E-state index is 0.0724. The van der Waals surface area contributed by atoms with Crippen molar-refractivity contribution in [1.82, 2.24) is 14.8 Å². The zero-order valence-electron chi connectivity index (χ0n) is 17.2. The van der Waals surface area contributed by atoms with Gasteiger partial charge in [0.25, 0.3) is 0 Å². The first-order valence-electron chi connectivity index (χ1n) is 10.7. The second-order valence-corrected chi connectivity index (χ2v) is 9.80. The third-order valence-corrected chi connectivity index (χ3v) is 7.55. The number of fused-ring (bicyclic) bond motifs is 2. The number of rotatable bonds is 7. The average Bonchev–Trinajstić information content (AvgIpc) is 3.40. The summed E-state index contributed by atoms with van der Waals surface area (Å²) in [6.07, 6.45) is 2.62. The molecule has 31 heavy (non-hydrogen) atoms. The third-order valence-electron chi connectivity index (χ3n) is 5.97. The Morgan fingerprint density at radius 2 is 1.77 bits per heavy atom. The Morgan fingerprint density at radius 3 is 2.68 bits per heavy atom. The zero-order chi connectivity index (χ0) is 21.3. The van der Waals surface area contributed by atoms with Crippen LogP contribution >= 0.6 is 0 Å². The monoisotopic (exact) mass is 435 g/mol. The van der Waals surface area contributed by atoms with Crippen LogP contribution in [-0.4, -0.2) is 44.2 Å². The number of hydrogen-bond donors (Lipinski definition) is 1. The van der Waals surface area contributed by atoms with Crippen LogP contribution in [0.1, 0.15) is 18.5 Å². The van der Waals surface area contributed by atoms with Gasteiger partial charge in [0.2, 0.25) is 10.0 Å². The number of likely N-dealkylation sites (tertiary alicyclic amines) is 1. The van der Waals surface area contributed by atoms with E-state index in [9.17, 15) is 8.42 Å². The molecule has 1 N–H and O–H groups in total. The maximum Gasteiger partial charge on any atom is 0.241 e. The van der Waals surface area contributed by atoms with Crippen molar-refractivity contribution in [3.05, 3.63) is 72.4 Å². The molecule has 0 bridgehead atoms. The normalized spacial score (nSPS) is 17.6. The maximum absolute atomic E-state index is 13.1. The van der Waals surface area contributed by atoms with Crippen LogP contribution < -0.4 is 4.72 Å². The molecule has 6 nitrogen and oxygen atoms in total. The molecule has 0 spiro atoms. The third kappa shape index (κ3) is 4.21. The Labute approximate surface area is 181 Å². The number of nitrogens with one attached hydrogen (secondary N) is 1. The molecule has 0 unspecified atom stereocenters. The minimum atomic E-state index is -3.57. The lowest BCUT2D eigenvalue weighted by molar-refractivity contribution is 0.326. The summed E-state index contributed by atoms with van der Waals surface area (Å²) in [6, 6.07) is 20.8. The van der Waals surface area contributed by atoms with Crippen molar-refractivity contribution in [3.8, 4) is 0 Å². The molecule has 1 fully saturated rings. The fourth-order valence-electron chi connectivity index (χ4n) is 4.43. The predicted octanol–water partition coefficient (Wildman–Crippen LogP) is 3.97. The van der Waals surface area contributed by atoms with Gasteiger partial charge in [0, 0.05) is 23.4 Å². The van der Waals surface area contributed by atoms with Gasteiger partial charge in [-0.2, -0.15) is 0 Å². The summed E-state index contributed by atoms with van der Waals surface area (Å²) in [5.74, 6) is 0. The lowest BCUT2D eigenvalue weighted by Crippen LogP contribution is -2.37. The molecule has 0 radical (unpaired) electrons. The molecule has 1 atom stereocenters. The van der Waals surface area contributed by atoms with E-state index < -0.39 is 10.0 Å². The predicted molar refractivity (Wildman–Crippen MR) is 121 cm³/mol. The lowest BCUT2D eigenvalue weighted by Gasteiger charge is -2.17. The Bertz CT molecular complexity index is 1310. The minimum Gasteiger partial charge on any atom is -0.356 e. The van der Waals surface area contributed by atoms with Gasteiger partial charge in [0.1, 0.15) is 0 Å². The summed E-state index contributed by atoms with van der Waals surface area (Å²) in [5.41, 5.74) is 1.81. The second kappa shape index (κ2) is 8.42. The summed E-state index contributed by atoms with van der Waals surface area (Å²) in [5, 5.41) is 6.96. The van der Waals surface area contributed by atoms with Gasteiger partial charge < -0.3 is 9.42 Å². The smallest absolute Gasteiger partial charge is 0.241 e. The van der Waals surface area contributed by atoms with E-state index in [4.69, 9.17) is 4.52 Å². The van der Waals surface area contributed by atoms with Crippen LogP contribution in [0.4, 0.5) is 0 Å². The molecule has 0 saturated carbocycles. The summed E-state index contributed by atoms with van der Waals surface area (Å²) in [7, 11) is -3.57. The number of aromatic nitrogens is 1. The van der Waals surface area contributed by atoms with E-state index in [1.54, 1.807) is 12.1 Å². The highest BCUT2D eigenvalue weighted by molar-refractivity contribution is 7.89. The van der Waals surface area contributed by atoms with Crippen LogP contribution in [0.15, 0.2) is 76.1 Å². The topological polar surface area (TPSA) is 75.4 Å². The first-order valence-corrected chi connectivity index (χ1v) is 12.1. The van der Waals surface area contributed by atoms with Crippen LogP contribution in [0.2, 0.25) is 0 Å². The largest absolute Gasteiger partial charge is 0.356 e. The second-order valence-electron chi connectivity index (χ2n) is 8.11. The molecule has 1 aliphatic rings. The van der Waals surface area contributed by atoms with Crippen LogP contribution in [-0.2, 0) is 16.4 Å². The number of benzene rings is 3. The summed E-state index contributed by atoms with van der Waals surface area (Å²) in [4.78, 5) is 2.67. The van der Waals surface area contributed by atoms with Crippen molar-refractivity contribution in [2.75, 3.05) is 19.6 Å². The molecule has 3 aromatic carbocycles. The fraction of sp³-hybridized carbons (Fsp3) is 0.292. The van der Waals surface area contributed by atoms with E-state index in [1.807, 2.05) is 54.6 Å². The number of sulfonamides is 1. The first kappa shape index (κ1) is 20.2. The molecule has 160 valence electrons. The Balaban J connectivity index is 1.19. The molecular formula is C24H25N3O3S. The first-order chi connectivity index (χ1) is 15.1. The molecule has 1 saturated heterocycles. The molecule has 7 heteroatoms. The fourth-order valence-corrected chi connectivity index (χ4v) is 5.92. The molecule has 1 aromatic heterocycles. The van der Waals surface area contributed by atoms with Crippen LogP contribution in [0.25, 0.3) is 21.7 Å². The summed E-state index contributed by atoms with van der Waals surface area (Å²) in [6.45, 7) is 2.53. The molecule has 5 rings (SSSR count). The van der Waals surface area contributed by atoms with E-state index >= 15 is 0 Å². The maximum atomic E-state index is 13.1. The summed E-state index contributed by atoms with van der Waals surface area (Å²) < 4.78 is 34.4. The lowest BCUT2D eigenvalue weighted by atomic mass is 10.1. The van der Waals surface area contributed by atoms with Crippen LogP contribution in [0.5, 0.6) is 0 Å². The number of nitrogens with zero attached hydrogens (tertiary/aromatic N) is 2. The van der Waals surface area contributed by atoms with Gasteiger partial charge in [0.05, 0.1) is 10.6 Å². The molecule has 0 amide bonds. The van der Waals surface area contributed by atoms with Crippen molar-refractivity contribution < 1.29 is 12.9 Å². The quantitative estimate of drug-likeness (QED) is 0.475. The molecule has 1 aliphatic heterocycles. The van der Waals surface area contributed by atoms with Gasteiger partial charge in [-0.1, -0.05) is 53.7 Å². The zero-order valence-corrected chi connectivity index (χ0v) is 18.0. The van der Waals surface area contributed by atoms with Crippen molar-refractivity contribution >= 4 is 31.8 Å². The highest BCUT2D eigenvalue weighted by Gasteiger charge is 2.28. The van der Waals surface area contributed by atoms with Crippen molar-refractivity contribution in [2.45, 2.75) is 30.2 Å². The average molecular weight is 436 g/mol. The SMILES string of the molecule is O=S(=O)(N[C@@H]1CCN(CCCc2noc3ccccc23)C1)c1cccc2ccccc12. The van der Waals surface area contributed by atoms with E-state index in [1.165, 1.54) is 0 Å². The van der Waals surface area contributed by atoms with E-state index in [0.717, 1.165) is 66.3 Å². The molecule has 4 aromatic rings. The standard InChI is InChI=1S/C24H25N3O3S/c28-31(29,24-13-5-8-18-7-1-2-9-20(18)24)26-19-14-16-27(17-19)15-6-11-22-21-10-3-4-12-23(21)30-25-22/h1-5,7-10,12-13,19,26H,6,11,14-17H2/t19-/m1/s1. The van der Waals surface area contributed by atoms with Crippen molar-refractivity contribution in [3.63, 3.8) is 0 Å². The number of aryl methyl sites for hydroxylation is 1. The number of para-hydroxylation sites is 1. The number of hydrogen-bond acceptors (Lipinski definition) is 5. The van der Waals surface area contributed by atoms with Gasteiger partial charge in [-0.15, -0.1) is 0 Å². The highest BCUT2D eigenvalue weighted by Crippen LogP contribution is 2.24. The van der Waals surface area contributed by atoms with Gasteiger partial charge in [-0.25, -0.2) is 13.1 Å². The summed E-state index contributed by atoms with van der Waals surface area (Å²) >= 11 is 0. The Hall–Kier alpha value is -2.74. The highest BCUT2D eigenvalue weighted by atomic mass is 32.2. The van der Waals surface area contributed by atoms with Crippen LogP contribution in [0.3, 0.4) is 0 Å². The molecular weight excluding hydrogens is 410 g/mol. The van der Waals surface area contributed by atoms with Gasteiger partial charge in [-0.05, 0) is 55.9 Å². The van der Waals surface area contributed by atoms with Gasteiger partial charge in [0.15, 0.2) is 5.58 Å². The van der Waals surface area contributed by atoms with Crippen LogP contribution in [0, 0.1) is 0 Å². The van der Waals surface area contributed by atoms with E-state index in [0.29, 0.717) is 4.90 Å². The molecule has 0 aliphatic carbocycles. The van der Waals surface area contributed by atoms with Crippen molar-refractivity contribution in [2.24, 2.45) is 0 Å². The molecule has 2 heterocycles. The van der Waals surface area contributed by atoms with E-state index in [2.05, 4.69) is 14.8 Å². The van der Waals surface area contributed by atoms with Gasteiger partial charge in [-0.3, -0.25) is 0 Å². The van der Waals surface area contributed by atoms with E-state index in [-0.39, 0.29) is 6.04 Å². The Kier molecular flexibility index (Phi) is 5.48. The Morgan fingerprint density at radius 1 is 1.00 bits per heavy atom.